The highest BCUT2D eigenvalue weighted by atomic mass is 79.9. The van der Waals surface area contributed by atoms with E-state index in [9.17, 15) is 5.11 Å². The molecule has 3 nitrogen and oxygen atoms in total. The molecule has 0 aliphatic carbocycles. The second kappa shape index (κ2) is 6.54. The summed E-state index contributed by atoms with van der Waals surface area (Å²) in [6.07, 6.45) is 0. The Labute approximate surface area is 114 Å². The third-order valence-corrected chi connectivity index (χ3v) is 2.98. The molecule has 0 atom stereocenters. The van der Waals surface area contributed by atoms with Crippen molar-refractivity contribution < 1.29 is 9.94 Å². The summed E-state index contributed by atoms with van der Waals surface area (Å²) in [5.74, 6) is 0.258. The average molecular weight is 308 g/mol. The number of halogens is 1. The highest BCUT2D eigenvalue weighted by Gasteiger charge is 2.01. The Bertz CT molecular complexity index is 502. The molecule has 0 amide bonds. The van der Waals surface area contributed by atoms with Gasteiger partial charge < -0.3 is 5.11 Å². The predicted molar refractivity (Wildman–Crippen MR) is 73.9 cm³/mol. The lowest BCUT2D eigenvalue weighted by Gasteiger charge is -2.08. The van der Waals surface area contributed by atoms with Crippen LogP contribution in [0.5, 0.6) is 5.75 Å². The smallest absolute Gasteiger partial charge is 0.120 e. The summed E-state index contributed by atoms with van der Waals surface area (Å²) in [6, 6.07) is 15.2. The van der Waals surface area contributed by atoms with Crippen molar-refractivity contribution >= 4 is 15.9 Å². The molecule has 0 saturated carbocycles. The molecule has 2 aromatic rings. The van der Waals surface area contributed by atoms with Crippen LogP contribution in [-0.4, -0.2) is 5.11 Å². The Balaban J connectivity index is 1.80. The van der Waals surface area contributed by atoms with Crippen LogP contribution >= 0.6 is 15.9 Å². The average Bonchev–Trinajstić information content (AvgIpc) is 2.40. The normalized spacial score (nSPS) is 10.5. The molecule has 0 fully saturated rings. The fraction of sp³-hybridized carbons (Fsp3) is 0.143. The Morgan fingerprint density at radius 1 is 1.11 bits per heavy atom. The summed E-state index contributed by atoms with van der Waals surface area (Å²) in [5.41, 5.74) is 4.73. The molecule has 0 heterocycles. The first-order valence-electron chi connectivity index (χ1n) is 5.61. The summed E-state index contributed by atoms with van der Waals surface area (Å²) in [4.78, 5) is 5.34. The molecular weight excluding hydrogens is 294 g/mol. The number of phenolic OH excluding ortho intramolecular Hbond substituents is 1. The minimum atomic E-state index is 0.258. The Kier molecular flexibility index (Phi) is 4.75. The van der Waals surface area contributed by atoms with Crippen LogP contribution in [0.2, 0.25) is 0 Å². The number of benzene rings is 2. The van der Waals surface area contributed by atoms with E-state index in [0.29, 0.717) is 13.2 Å². The zero-order valence-corrected chi connectivity index (χ0v) is 11.4. The van der Waals surface area contributed by atoms with Gasteiger partial charge in [0.2, 0.25) is 0 Å². The van der Waals surface area contributed by atoms with E-state index in [2.05, 4.69) is 21.4 Å². The largest absolute Gasteiger partial charge is 0.508 e. The van der Waals surface area contributed by atoms with E-state index >= 15 is 0 Å². The van der Waals surface area contributed by atoms with Gasteiger partial charge in [-0.05, 0) is 23.8 Å². The summed E-state index contributed by atoms with van der Waals surface area (Å²) in [5, 5.41) is 9.63. The van der Waals surface area contributed by atoms with Crippen molar-refractivity contribution in [2.45, 2.75) is 13.2 Å². The van der Waals surface area contributed by atoms with Crippen molar-refractivity contribution in [3.8, 4) is 5.75 Å². The zero-order chi connectivity index (χ0) is 12.8. The van der Waals surface area contributed by atoms with Gasteiger partial charge in [-0.2, -0.15) is 5.48 Å². The molecule has 0 saturated heterocycles. The first-order chi connectivity index (χ1) is 8.75. The Morgan fingerprint density at radius 2 is 1.89 bits per heavy atom. The van der Waals surface area contributed by atoms with Gasteiger partial charge in [-0.25, -0.2) is 0 Å². The number of phenols is 1. The Morgan fingerprint density at radius 3 is 2.67 bits per heavy atom. The van der Waals surface area contributed by atoms with Crippen molar-refractivity contribution in [1.29, 1.82) is 0 Å². The molecule has 0 radical (unpaired) electrons. The molecule has 0 aliphatic heterocycles. The van der Waals surface area contributed by atoms with Crippen molar-refractivity contribution in [3.63, 3.8) is 0 Å². The highest BCUT2D eigenvalue weighted by Crippen LogP contribution is 2.21. The molecule has 0 aliphatic rings. The van der Waals surface area contributed by atoms with Crippen LogP contribution < -0.4 is 5.48 Å². The van der Waals surface area contributed by atoms with Crippen molar-refractivity contribution in [2.24, 2.45) is 0 Å². The second-order valence-corrected chi connectivity index (χ2v) is 4.78. The van der Waals surface area contributed by atoms with E-state index in [1.54, 1.807) is 12.1 Å². The van der Waals surface area contributed by atoms with Crippen LogP contribution in [-0.2, 0) is 18.0 Å². The van der Waals surface area contributed by atoms with Crippen LogP contribution in [0.3, 0.4) is 0 Å². The van der Waals surface area contributed by atoms with Crippen LogP contribution in [0, 0.1) is 0 Å². The summed E-state index contributed by atoms with van der Waals surface area (Å²) in [6.45, 7) is 0.952. The van der Waals surface area contributed by atoms with Crippen LogP contribution in [0.25, 0.3) is 0 Å². The second-order valence-electron chi connectivity index (χ2n) is 3.87. The molecule has 0 unspecified atom stereocenters. The van der Waals surface area contributed by atoms with Gasteiger partial charge in [-0.3, -0.25) is 4.84 Å². The number of aromatic hydroxyl groups is 1. The maximum atomic E-state index is 9.63. The predicted octanol–water partition coefficient (Wildman–Crippen LogP) is 3.38. The summed E-state index contributed by atoms with van der Waals surface area (Å²) in [7, 11) is 0. The molecule has 18 heavy (non-hydrogen) atoms. The van der Waals surface area contributed by atoms with Crippen LogP contribution in [0.4, 0.5) is 0 Å². The van der Waals surface area contributed by atoms with E-state index in [4.69, 9.17) is 4.84 Å². The van der Waals surface area contributed by atoms with Gasteiger partial charge in [-0.1, -0.05) is 46.3 Å². The van der Waals surface area contributed by atoms with Gasteiger partial charge in [0, 0.05) is 16.6 Å². The lowest BCUT2D eigenvalue weighted by Crippen LogP contribution is -2.13. The minimum absolute atomic E-state index is 0.258. The number of rotatable bonds is 5. The van der Waals surface area contributed by atoms with Crippen LogP contribution in [0.1, 0.15) is 11.1 Å². The lowest BCUT2D eigenvalue weighted by molar-refractivity contribution is 0.0231. The van der Waals surface area contributed by atoms with Crippen molar-refractivity contribution in [1.82, 2.24) is 5.48 Å². The molecule has 2 aromatic carbocycles. The maximum Gasteiger partial charge on any atom is 0.120 e. The molecule has 0 spiro atoms. The number of hydrogen-bond donors (Lipinski definition) is 2. The number of nitrogens with one attached hydrogen (secondary N) is 1. The van der Waals surface area contributed by atoms with E-state index in [1.807, 2.05) is 36.4 Å². The molecular formula is C14H14BrNO2. The molecule has 4 heteroatoms. The van der Waals surface area contributed by atoms with Gasteiger partial charge in [0.25, 0.3) is 0 Å². The SMILES string of the molecule is Oc1ccc(Br)cc1CNOCc1ccccc1. The molecule has 2 N–H and O–H groups in total. The molecule has 2 rings (SSSR count). The fourth-order valence-corrected chi connectivity index (χ4v) is 1.94. The van der Waals surface area contributed by atoms with Gasteiger partial charge >= 0.3 is 0 Å². The first kappa shape index (κ1) is 13.1. The van der Waals surface area contributed by atoms with E-state index in [1.165, 1.54) is 0 Å². The maximum absolute atomic E-state index is 9.63. The van der Waals surface area contributed by atoms with Gasteiger partial charge in [-0.15, -0.1) is 0 Å². The van der Waals surface area contributed by atoms with Gasteiger partial charge in [0.1, 0.15) is 5.75 Å². The standard InChI is InChI=1S/C14H14BrNO2/c15-13-6-7-14(17)12(8-13)9-16-18-10-11-4-2-1-3-5-11/h1-8,16-17H,9-10H2. The monoisotopic (exact) mass is 307 g/mol. The van der Waals surface area contributed by atoms with E-state index in [-0.39, 0.29) is 5.75 Å². The zero-order valence-electron chi connectivity index (χ0n) is 9.77. The number of hydrogen-bond acceptors (Lipinski definition) is 3. The molecule has 94 valence electrons. The van der Waals surface area contributed by atoms with E-state index in [0.717, 1.165) is 15.6 Å². The first-order valence-corrected chi connectivity index (χ1v) is 6.41. The van der Waals surface area contributed by atoms with Crippen molar-refractivity contribution in [2.75, 3.05) is 0 Å². The summed E-state index contributed by atoms with van der Waals surface area (Å²) < 4.78 is 0.931. The fourth-order valence-electron chi connectivity index (χ4n) is 1.53. The quantitative estimate of drug-likeness (QED) is 0.657. The van der Waals surface area contributed by atoms with E-state index < -0.39 is 0 Å². The lowest BCUT2D eigenvalue weighted by atomic mass is 10.2. The van der Waals surface area contributed by atoms with Crippen molar-refractivity contribution in [3.05, 3.63) is 64.1 Å². The molecule has 0 aromatic heterocycles. The molecule has 0 bridgehead atoms. The number of hydroxylamine groups is 1. The van der Waals surface area contributed by atoms with Gasteiger partial charge in [0.05, 0.1) is 6.61 Å². The topological polar surface area (TPSA) is 41.5 Å². The third-order valence-electron chi connectivity index (χ3n) is 2.49. The third kappa shape index (κ3) is 3.84. The van der Waals surface area contributed by atoms with Crippen LogP contribution in [0.15, 0.2) is 53.0 Å². The summed E-state index contributed by atoms with van der Waals surface area (Å²) >= 11 is 3.36. The van der Waals surface area contributed by atoms with Gasteiger partial charge in [0.15, 0.2) is 0 Å². The minimum Gasteiger partial charge on any atom is -0.508 e. The highest BCUT2D eigenvalue weighted by molar-refractivity contribution is 9.10. The Hall–Kier alpha value is -1.36.